The van der Waals surface area contributed by atoms with Gasteiger partial charge in [0.05, 0.1) is 0 Å². The number of nitrogens with one attached hydrogen (secondary N) is 2. The Balaban J connectivity index is 1.85. The van der Waals surface area contributed by atoms with E-state index in [0.717, 1.165) is 70.3 Å². The molecule has 0 bridgehead atoms. The van der Waals surface area contributed by atoms with Crippen molar-refractivity contribution in [1.29, 1.82) is 0 Å². The van der Waals surface area contributed by atoms with Gasteiger partial charge in [0.1, 0.15) is 5.82 Å². The molecule has 1 aliphatic heterocycles. The van der Waals surface area contributed by atoms with E-state index in [1.807, 2.05) is 12.1 Å². The van der Waals surface area contributed by atoms with E-state index in [0.29, 0.717) is 5.92 Å². The molecule has 2 N–H and O–H groups in total. The summed E-state index contributed by atoms with van der Waals surface area (Å²) in [5.74, 6) is 1.15. The molecule has 6 heteroatoms. The molecule has 0 atom stereocenters. The maximum atomic E-state index is 13.3. The maximum absolute atomic E-state index is 13.3. The number of rotatable bonds is 9. The molecule has 1 aromatic carbocycles. The van der Waals surface area contributed by atoms with Gasteiger partial charge in [-0.3, -0.25) is 4.99 Å². The standard InChI is InChI=1S/C21H34FN3O2/c1-17(2)15-27-12-4-11-24-20(23-3)25-16-21(9-13-26-14-10-21)18-5-7-19(22)8-6-18/h5-8,17H,4,9-16H2,1-3H3,(H2,23,24,25). The highest BCUT2D eigenvalue weighted by atomic mass is 19.1. The Bertz CT molecular complexity index is 569. The second-order valence-electron chi connectivity index (χ2n) is 7.57. The minimum Gasteiger partial charge on any atom is -0.381 e. The van der Waals surface area contributed by atoms with Crippen LogP contribution in [0.15, 0.2) is 29.3 Å². The molecule has 152 valence electrons. The second kappa shape index (κ2) is 11.2. The van der Waals surface area contributed by atoms with Crippen LogP contribution in [-0.2, 0) is 14.9 Å². The van der Waals surface area contributed by atoms with Crippen molar-refractivity contribution >= 4 is 5.96 Å². The summed E-state index contributed by atoms with van der Waals surface area (Å²) < 4.78 is 24.5. The first-order chi connectivity index (χ1) is 13.1. The third-order valence-corrected chi connectivity index (χ3v) is 4.93. The molecule has 0 aliphatic carbocycles. The summed E-state index contributed by atoms with van der Waals surface area (Å²) in [7, 11) is 1.78. The van der Waals surface area contributed by atoms with Gasteiger partial charge in [0.25, 0.3) is 0 Å². The van der Waals surface area contributed by atoms with Crippen molar-refractivity contribution in [3.63, 3.8) is 0 Å². The summed E-state index contributed by atoms with van der Waals surface area (Å²) in [6.07, 6.45) is 2.75. The van der Waals surface area contributed by atoms with Crippen LogP contribution in [0.5, 0.6) is 0 Å². The average Bonchev–Trinajstić information content (AvgIpc) is 2.68. The van der Waals surface area contributed by atoms with Crippen molar-refractivity contribution in [1.82, 2.24) is 10.6 Å². The number of nitrogens with zero attached hydrogens (tertiary/aromatic N) is 1. The van der Waals surface area contributed by atoms with E-state index >= 15 is 0 Å². The molecule has 1 aliphatic rings. The van der Waals surface area contributed by atoms with Crippen LogP contribution in [0.25, 0.3) is 0 Å². The zero-order valence-electron chi connectivity index (χ0n) is 16.9. The summed E-state index contributed by atoms with van der Waals surface area (Å²) >= 11 is 0. The van der Waals surface area contributed by atoms with Crippen LogP contribution in [0.4, 0.5) is 4.39 Å². The number of ether oxygens (including phenoxy) is 2. The van der Waals surface area contributed by atoms with E-state index in [4.69, 9.17) is 9.47 Å². The summed E-state index contributed by atoms with van der Waals surface area (Å²) in [6, 6.07) is 6.86. The lowest BCUT2D eigenvalue weighted by Crippen LogP contribution is -2.48. The van der Waals surface area contributed by atoms with Gasteiger partial charge in [-0.2, -0.15) is 0 Å². The first kappa shape index (κ1) is 21.6. The molecular weight excluding hydrogens is 345 g/mol. The monoisotopic (exact) mass is 379 g/mol. The molecule has 1 heterocycles. The van der Waals surface area contributed by atoms with Crippen molar-refractivity contribution in [2.24, 2.45) is 10.9 Å². The van der Waals surface area contributed by atoms with Gasteiger partial charge in [0.2, 0.25) is 0 Å². The summed E-state index contributed by atoms with van der Waals surface area (Å²) in [5.41, 5.74) is 1.08. The Labute approximate surface area is 162 Å². The van der Waals surface area contributed by atoms with E-state index in [2.05, 4.69) is 29.5 Å². The van der Waals surface area contributed by atoms with E-state index in [9.17, 15) is 4.39 Å². The van der Waals surface area contributed by atoms with Crippen molar-refractivity contribution in [2.45, 2.75) is 38.5 Å². The van der Waals surface area contributed by atoms with Crippen molar-refractivity contribution in [3.05, 3.63) is 35.6 Å². The third kappa shape index (κ3) is 7.11. The largest absolute Gasteiger partial charge is 0.381 e. The fraction of sp³-hybridized carbons (Fsp3) is 0.667. The molecule has 0 spiro atoms. The zero-order valence-corrected chi connectivity index (χ0v) is 16.9. The Kier molecular flexibility index (Phi) is 9.01. The number of hydrogen-bond donors (Lipinski definition) is 2. The first-order valence-corrected chi connectivity index (χ1v) is 9.92. The van der Waals surface area contributed by atoms with Crippen LogP contribution in [0.2, 0.25) is 0 Å². The highest BCUT2D eigenvalue weighted by molar-refractivity contribution is 5.79. The lowest BCUT2D eigenvalue weighted by atomic mass is 9.74. The number of aliphatic imine (C=N–C) groups is 1. The molecule has 5 nitrogen and oxygen atoms in total. The fourth-order valence-electron chi connectivity index (χ4n) is 3.31. The fourth-order valence-corrected chi connectivity index (χ4v) is 3.31. The minimum atomic E-state index is -0.203. The normalized spacial score (nSPS) is 17.1. The van der Waals surface area contributed by atoms with Crippen LogP contribution >= 0.6 is 0 Å². The van der Waals surface area contributed by atoms with Crippen molar-refractivity contribution < 1.29 is 13.9 Å². The predicted molar refractivity (Wildman–Crippen MR) is 108 cm³/mol. The Morgan fingerprint density at radius 2 is 1.93 bits per heavy atom. The molecule has 1 saturated heterocycles. The highest BCUT2D eigenvalue weighted by Crippen LogP contribution is 2.34. The van der Waals surface area contributed by atoms with Gasteiger partial charge in [-0.1, -0.05) is 26.0 Å². The smallest absolute Gasteiger partial charge is 0.191 e. The third-order valence-electron chi connectivity index (χ3n) is 4.93. The van der Waals surface area contributed by atoms with Gasteiger partial charge in [0, 0.05) is 52.0 Å². The molecule has 27 heavy (non-hydrogen) atoms. The van der Waals surface area contributed by atoms with E-state index in [-0.39, 0.29) is 11.2 Å². The van der Waals surface area contributed by atoms with Crippen LogP contribution in [0, 0.1) is 11.7 Å². The van der Waals surface area contributed by atoms with Crippen LogP contribution in [0.3, 0.4) is 0 Å². The van der Waals surface area contributed by atoms with Crippen molar-refractivity contribution in [3.8, 4) is 0 Å². The van der Waals surface area contributed by atoms with Gasteiger partial charge in [-0.25, -0.2) is 4.39 Å². The molecule has 2 rings (SSSR count). The molecule has 0 amide bonds. The van der Waals surface area contributed by atoms with Crippen LogP contribution < -0.4 is 10.6 Å². The van der Waals surface area contributed by atoms with Gasteiger partial charge in [-0.05, 0) is 42.9 Å². The predicted octanol–water partition coefficient (Wildman–Crippen LogP) is 3.10. The van der Waals surface area contributed by atoms with Crippen LogP contribution in [-0.4, -0.2) is 52.5 Å². The molecule has 0 saturated carbocycles. The molecule has 0 aromatic heterocycles. The quantitative estimate of drug-likeness (QED) is 0.393. The lowest BCUT2D eigenvalue weighted by Gasteiger charge is -2.38. The SMILES string of the molecule is CN=C(NCCCOCC(C)C)NCC1(c2ccc(F)cc2)CCOCC1. The van der Waals surface area contributed by atoms with Gasteiger partial charge < -0.3 is 20.1 Å². The van der Waals surface area contributed by atoms with Gasteiger partial charge >= 0.3 is 0 Å². The topological polar surface area (TPSA) is 54.9 Å². The maximum Gasteiger partial charge on any atom is 0.191 e. The zero-order chi connectivity index (χ0) is 19.5. The highest BCUT2D eigenvalue weighted by Gasteiger charge is 2.34. The average molecular weight is 380 g/mol. The summed E-state index contributed by atoms with van der Waals surface area (Å²) in [6.45, 7) is 8.84. The second-order valence-corrected chi connectivity index (χ2v) is 7.57. The Morgan fingerprint density at radius 3 is 2.56 bits per heavy atom. The number of halogens is 1. The van der Waals surface area contributed by atoms with E-state index in [1.54, 1.807) is 7.05 Å². The van der Waals surface area contributed by atoms with Crippen molar-refractivity contribution in [2.75, 3.05) is 46.6 Å². The number of hydrogen-bond acceptors (Lipinski definition) is 3. The van der Waals surface area contributed by atoms with E-state index < -0.39 is 0 Å². The van der Waals surface area contributed by atoms with E-state index in [1.165, 1.54) is 12.1 Å². The molecular formula is C21H34FN3O2. The van der Waals surface area contributed by atoms with Crippen LogP contribution in [0.1, 0.15) is 38.7 Å². The Morgan fingerprint density at radius 1 is 1.22 bits per heavy atom. The molecule has 0 radical (unpaired) electrons. The minimum absolute atomic E-state index is 0.0655. The number of benzene rings is 1. The lowest BCUT2D eigenvalue weighted by molar-refractivity contribution is 0.0513. The number of guanidine groups is 1. The van der Waals surface area contributed by atoms with Gasteiger partial charge in [-0.15, -0.1) is 0 Å². The summed E-state index contributed by atoms with van der Waals surface area (Å²) in [4.78, 5) is 4.32. The van der Waals surface area contributed by atoms with Gasteiger partial charge in [0.15, 0.2) is 5.96 Å². The molecule has 0 unspecified atom stereocenters. The summed E-state index contributed by atoms with van der Waals surface area (Å²) in [5, 5.41) is 6.79. The molecule has 1 aromatic rings. The molecule has 1 fully saturated rings. The Hall–Kier alpha value is -1.66. The first-order valence-electron chi connectivity index (χ1n) is 9.92.